The third kappa shape index (κ3) is 7.33. The molecule has 0 heterocycles. The molecule has 4 N–H and O–H groups in total. The molecule has 0 aromatic carbocycles. The number of amides is 1. The van der Waals surface area contributed by atoms with Gasteiger partial charge in [-0.2, -0.15) is 0 Å². The molecule has 0 aromatic heterocycles. The number of carbonyl (C=O) groups is 1. The molecule has 0 saturated carbocycles. The van der Waals surface area contributed by atoms with E-state index in [0.717, 1.165) is 0 Å². The predicted molar refractivity (Wildman–Crippen MR) is 61.4 cm³/mol. The molecule has 90 valence electrons. The quantitative estimate of drug-likeness (QED) is 0.631. The van der Waals surface area contributed by atoms with Gasteiger partial charge in [0.25, 0.3) is 0 Å². The lowest BCUT2D eigenvalue weighted by molar-refractivity contribution is -0.123. The number of aliphatic hydroxyl groups excluding tert-OH is 1. The van der Waals surface area contributed by atoms with E-state index in [1.54, 1.807) is 0 Å². The van der Waals surface area contributed by atoms with Gasteiger partial charge in [0, 0.05) is 6.54 Å². The lowest BCUT2D eigenvalue weighted by Gasteiger charge is -2.22. The Labute approximate surface area is 92.2 Å². The maximum Gasteiger partial charge on any atom is 0.236 e. The first kappa shape index (κ1) is 14.4. The van der Waals surface area contributed by atoms with Crippen LogP contribution in [0.4, 0.5) is 0 Å². The minimum Gasteiger partial charge on any atom is -0.391 e. The second kappa shape index (κ2) is 6.08. The van der Waals surface area contributed by atoms with Crippen LogP contribution in [-0.4, -0.2) is 29.7 Å². The smallest absolute Gasteiger partial charge is 0.236 e. The van der Waals surface area contributed by atoms with E-state index in [0.29, 0.717) is 12.8 Å². The normalized spacial score (nSPS) is 15.9. The van der Waals surface area contributed by atoms with Crippen LogP contribution in [0.3, 0.4) is 0 Å². The van der Waals surface area contributed by atoms with Crippen LogP contribution >= 0.6 is 0 Å². The molecule has 0 aliphatic heterocycles. The summed E-state index contributed by atoms with van der Waals surface area (Å²) in [4.78, 5) is 11.3. The van der Waals surface area contributed by atoms with E-state index in [-0.39, 0.29) is 17.9 Å². The number of hydrogen-bond acceptors (Lipinski definition) is 3. The third-order valence-electron chi connectivity index (χ3n) is 2.14. The van der Waals surface area contributed by atoms with E-state index in [1.165, 1.54) is 0 Å². The zero-order valence-corrected chi connectivity index (χ0v) is 10.2. The molecule has 0 aliphatic rings. The van der Waals surface area contributed by atoms with Gasteiger partial charge < -0.3 is 16.2 Å². The highest BCUT2D eigenvalue weighted by Gasteiger charge is 2.18. The van der Waals surface area contributed by atoms with Crippen LogP contribution in [0.25, 0.3) is 0 Å². The van der Waals surface area contributed by atoms with Gasteiger partial charge in [-0.1, -0.05) is 27.7 Å². The number of nitrogens with one attached hydrogen (secondary N) is 1. The molecule has 1 unspecified atom stereocenters. The highest BCUT2D eigenvalue weighted by atomic mass is 16.3. The summed E-state index contributed by atoms with van der Waals surface area (Å²) in [5.74, 6) is -0.189. The van der Waals surface area contributed by atoms with Gasteiger partial charge in [0.15, 0.2) is 0 Å². The zero-order valence-electron chi connectivity index (χ0n) is 10.2. The fraction of sp³-hybridized carbons (Fsp3) is 0.909. The van der Waals surface area contributed by atoms with Gasteiger partial charge in [-0.15, -0.1) is 0 Å². The third-order valence-corrected chi connectivity index (χ3v) is 2.14. The minimum atomic E-state index is -0.502. The molecule has 0 rings (SSSR count). The lowest BCUT2D eigenvalue weighted by Crippen LogP contribution is -2.43. The number of hydrogen-bond donors (Lipinski definition) is 3. The lowest BCUT2D eigenvalue weighted by atomic mass is 9.89. The van der Waals surface area contributed by atoms with Gasteiger partial charge in [0.2, 0.25) is 5.91 Å². The Morgan fingerprint density at radius 3 is 2.40 bits per heavy atom. The molecule has 0 aliphatic carbocycles. The maximum absolute atomic E-state index is 11.3. The predicted octanol–water partition coefficient (Wildman–Crippen LogP) is 0.637. The monoisotopic (exact) mass is 216 g/mol. The topological polar surface area (TPSA) is 75.4 Å². The summed E-state index contributed by atoms with van der Waals surface area (Å²) in [6.45, 7) is 8.29. The molecule has 2 atom stereocenters. The summed E-state index contributed by atoms with van der Waals surface area (Å²) in [5.41, 5.74) is 5.60. The van der Waals surface area contributed by atoms with E-state index in [4.69, 9.17) is 5.73 Å². The summed E-state index contributed by atoms with van der Waals surface area (Å²) < 4.78 is 0. The zero-order chi connectivity index (χ0) is 12.1. The summed E-state index contributed by atoms with van der Waals surface area (Å²) in [6.07, 6.45) is 0.772. The molecular formula is C11H24N2O2. The number of rotatable bonds is 5. The molecule has 0 saturated heterocycles. The largest absolute Gasteiger partial charge is 0.391 e. The van der Waals surface area contributed by atoms with Crippen molar-refractivity contribution < 1.29 is 9.90 Å². The van der Waals surface area contributed by atoms with Crippen molar-refractivity contribution in [2.45, 2.75) is 52.7 Å². The molecule has 4 nitrogen and oxygen atoms in total. The first-order valence-electron chi connectivity index (χ1n) is 5.47. The fourth-order valence-electron chi connectivity index (χ4n) is 1.31. The summed E-state index contributed by atoms with van der Waals surface area (Å²) >= 11 is 0. The Morgan fingerprint density at radius 2 is 2.00 bits per heavy atom. The highest BCUT2D eigenvalue weighted by Crippen LogP contribution is 2.20. The van der Waals surface area contributed by atoms with Crippen LogP contribution in [0.5, 0.6) is 0 Å². The summed E-state index contributed by atoms with van der Waals surface area (Å²) in [5, 5.41) is 12.3. The van der Waals surface area contributed by atoms with Crippen LogP contribution in [0, 0.1) is 5.41 Å². The van der Waals surface area contributed by atoms with Crippen molar-refractivity contribution >= 4 is 5.91 Å². The van der Waals surface area contributed by atoms with E-state index in [1.807, 2.05) is 6.92 Å². The average molecular weight is 216 g/mol. The van der Waals surface area contributed by atoms with Gasteiger partial charge in [-0.25, -0.2) is 0 Å². The van der Waals surface area contributed by atoms with Gasteiger partial charge in [-0.05, 0) is 18.3 Å². The average Bonchev–Trinajstić information content (AvgIpc) is 2.10. The van der Waals surface area contributed by atoms with E-state index in [2.05, 4.69) is 26.1 Å². The first-order valence-corrected chi connectivity index (χ1v) is 5.47. The van der Waals surface area contributed by atoms with Gasteiger partial charge in [-0.3, -0.25) is 4.79 Å². The second-order valence-corrected chi connectivity index (χ2v) is 5.18. The molecule has 0 bridgehead atoms. The first-order chi connectivity index (χ1) is 6.76. The van der Waals surface area contributed by atoms with E-state index >= 15 is 0 Å². The van der Waals surface area contributed by atoms with Crippen LogP contribution in [0.2, 0.25) is 0 Å². The van der Waals surface area contributed by atoms with Crippen molar-refractivity contribution in [2.24, 2.45) is 11.1 Å². The Hall–Kier alpha value is -0.610. The number of nitrogens with two attached hydrogens (primary N) is 1. The number of carbonyl (C=O) groups excluding carboxylic acids is 1. The SMILES string of the molecule is CC[C@@H](N)C(=O)NCC(O)CC(C)(C)C. The highest BCUT2D eigenvalue weighted by molar-refractivity contribution is 5.81. The Bertz CT molecular complexity index is 199. The molecule has 0 spiro atoms. The van der Waals surface area contributed by atoms with Crippen molar-refractivity contribution in [3.8, 4) is 0 Å². The molecule has 1 amide bonds. The molecule has 15 heavy (non-hydrogen) atoms. The van der Waals surface area contributed by atoms with E-state index < -0.39 is 12.1 Å². The van der Waals surface area contributed by atoms with Crippen LogP contribution in [-0.2, 0) is 4.79 Å². The van der Waals surface area contributed by atoms with Crippen LogP contribution < -0.4 is 11.1 Å². The Morgan fingerprint density at radius 1 is 1.47 bits per heavy atom. The van der Waals surface area contributed by atoms with Crippen molar-refractivity contribution in [1.29, 1.82) is 0 Å². The molecule has 0 aromatic rings. The molecule has 0 radical (unpaired) electrons. The summed E-state index contributed by atoms with van der Waals surface area (Å²) in [7, 11) is 0. The molecule has 4 heteroatoms. The van der Waals surface area contributed by atoms with Crippen LogP contribution in [0.15, 0.2) is 0 Å². The van der Waals surface area contributed by atoms with Crippen LogP contribution in [0.1, 0.15) is 40.5 Å². The maximum atomic E-state index is 11.3. The minimum absolute atomic E-state index is 0.0665. The number of aliphatic hydroxyl groups is 1. The fourth-order valence-corrected chi connectivity index (χ4v) is 1.31. The standard InChI is InChI=1S/C11H24N2O2/c1-5-9(12)10(15)13-7-8(14)6-11(2,3)4/h8-9,14H,5-7,12H2,1-4H3,(H,13,15)/t8?,9-/m1/s1. The Kier molecular flexibility index (Phi) is 5.83. The summed E-state index contributed by atoms with van der Waals surface area (Å²) in [6, 6.07) is -0.466. The van der Waals surface area contributed by atoms with Gasteiger partial charge in [0.05, 0.1) is 12.1 Å². The van der Waals surface area contributed by atoms with Crippen molar-refractivity contribution in [3.05, 3.63) is 0 Å². The van der Waals surface area contributed by atoms with Crippen molar-refractivity contribution in [2.75, 3.05) is 6.54 Å². The Balaban J connectivity index is 3.81. The van der Waals surface area contributed by atoms with E-state index in [9.17, 15) is 9.90 Å². The molecular weight excluding hydrogens is 192 g/mol. The van der Waals surface area contributed by atoms with Crippen molar-refractivity contribution in [3.63, 3.8) is 0 Å². The van der Waals surface area contributed by atoms with Crippen molar-refractivity contribution in [1.82, 2.24) is 5.32 Å². The second-order valence-electron chi connectivity index (χ2n) is 5.18. The van der Waals surface area contributed by atoms with Gasteiger partial charge >= 0.3 is 0 Å². The van der Waals surface area contributed by atoms with Gasteiger partial charge in [0.1, 0.15) is 0 Å². The molecule has 0 fully saturated rings.